The van der Waals surface area contributed by atoms with Gasteiger partial charge in [-0.3, -0.25) is 9.88 Å². The summed E-state index contributed by atoms with van der Waals surface area (Å²) in [6, 6.07) is 9.75. The van der Waals surface area contributed by atoms with Crippen LogP contribution in [0, 0.1) is 12.8 Å². The molecule has 0 saturated carbocycles. The topological polar surface area (TPSA) is 41.5 Å². The van der Waals surface area contributed by atoms with Crippen LogP contribution in [0.25, 0.3) is 0 Å². The Kier molecular flexibility index (Phi) is 3.85. The number of methoxy groups -OCH3 is 1. The van der Waals surface area contributed by atoms with Gasteiger partial charge in [0.25, 0.3) is 0 Å². The first-order chi connectivity index (χ1) is 12.8. The lowest BCUT2D eigenvalue weighted by molar-refractivity contribution is 0.0354. The van der Waals surface area contributed by atoms with Crippen molar-refractivity contribution >= 4 is 5.82 Å². The number of fused-ring (bicyclic) bond motifs is 2. The van der Waals surface area contributed by atoms with Gasteiger partial charge in [-0.25, -0.2) is 4.98 Å². The van der Waals surface area contributed by atoms with Crippen LogP contribution in [0.15, 0.2) is 36.7 Å². The highest BCUT2D eigenvalue weighted by molar-refractivity contribution is 5.50. The van der Waals surface area contributed by atoms with E-state index in [4.69, 9.17) is 9.72 Å². The average molecular weight is 350 g/mol. The van der Waals surface area contributed by atoms with Gasteiger partial charge >= 0.3 is 0 Å². The number of hydrogen-bond acceptors (Lipinski definition) is 5. The number of aromatic nitrogens is 2. The maximum Gasteiger partial charge on any atom is 0.150 e. The number of hydrogen-bond donors (Lipinski definition) is 0. The summed E-state index contributed by atoms with van der Waals surface area (Å²) >= 11 is 0. The van der Waals surface area contributed by atoms with Crippen LogP contribution >= 0.6 is 0 Å². The van der Waals surface area contributed by atoms with E-state index < -0.39 is 0 Å². The van der Waals surface area contributed by atoms with Crippen molar-refractivity contribution in [2.24, 2.45) is 5.92 Å². The number of rotatable bonds is 3. The van der Waals surface area contributed by atoms with Crippen LogP contribution in [-0.2, 0) is 0 Å². The molecule has 4 saturated heterocycles. The van der Waals surface area contributed by atoms with Crippen LogP contribution in [-0.4, -0.2) is 53.7 Å². The molecule has 2 bridgehead atoms. The summed E-state index contributed by atoms with van der Waals surface area (Å²) in [5.74, 6) is 3.27. The van der Waals surface area contributed by atoms with Crippen molar-refractivity contribution in [3.8, 4) is 5.75 Å². The van der Waals surface area contributed by atoms with E-state index in [1.165, 1.54) is 31.5 Å². The molecule has 26 heavy (non-hydrogen) atoms. The van der Waals surface area contributed by atoms with Gasteiger partial charge in [0.1, 0.15) is 11.6 Å². The molecule has 5 heterocycles. The van der Waals surface area contributed by atoms with Gasteiger partial charge in [0.15, 0.2) is 0 Å². The van der Waals surface area contributed by atoms with Gasteiger partial charge in [-0.1, -0.05) is 12.1 Å². The van der Waals surface area contributed by atoms with Crippen LogP contribution in [0.3, 0.4) is 0 Å². The van der Waals surface area contributed by atoms with E-state index in [2.05, 4.69) is 39.9 Å². The first kappa shape index (κ1) is 16.1. The van der Waals surface area contributed by atoms with Gasteiger partial charge < -0.3 is 9.64 Å². The van der Waals surface area contributed by atoms with Crippen molar-refractivity contribution in [3.63, 3.8) is 0 Å². The zero-order valence-corrected chi connectivity index (χ0v) is 15.5. The lowest BCUT2D eigenvalue weighted by atomic mass is 9.75. The molecule has 136 valence electrons. The molecular weight excluding hydrogens is 324 g/mol. The Morgan fingerprint density at radius 1 is 1.08 bits per heavy atom. The monoisotopic (exact) mass is 350 g/mol. The van der Waals surface area contributed by atoms with E-state index in [1.807, 2.05) is 12.3 Å². The van der Waals surface area contributed by atoms with Gasteiger partial charge in [0, 0.05) is 36.9 Å². The minimum Gasteiger partial charge on any atom is -0.497 e. The van der Waals surface area contributed by atoms with Crippen molar-refractivity contribution in [1.82, 2.24) is 14.9 Å². The third kappa shape index (κ3) is 2.41. The molecule has 0 spiro atoms. The van der Waals surface area contributed by atoms with Gasteiger partial charge in [0.2, 0.25) is 0 Å². The van der Waals surface area contributed by atoms with Crippen LogP contribution < -0.4 is 9.64 Å². The van der Waals surface area contributed by atoms with Gasteiger partial charge in [-0.05, 0) is 56.5 Å². The molecule has 4 aliphatic rings. The molecule has 5 nitrogen and oxygen atoms in total. The Bertz CT molecular complexity index is 802. The Hall–Kier alpha value is -2.14. The highest BCUT2D eigenvalue weighted by atomic mass is 16.5. The zero-order valence-electron chi connectivity index (χ0n) is 15.5. The fourth-order valence-corrected chi connectivity index (χ4v) is 5.51. The molecule has 4 aliphatic heterocycles. The normalized spacial score (nSPS) is 32.5. The summed E-state index contributed by atoms with van der Waals surface area (Å²) in [6.45, 7) is 5.56. The second-order valence-corrected chi connectivity index (χ2v) is 7.86. The summed E-state index contributed by atoms with van der Waals surface area (Å²) < 4.78 is 5.49. The third-order valence-corrected chi connectivity index (χ3v) is 6.64. The molecule has 1 aromatic heterocycles. The molecule has 6 rings (SSSR count). The summed E-state index contributed by atoms with van der Waals surface area (Å²) in [5.41, 5.74) is 2.42. The maximum atomic E-state index is 5.49. The van der Waals surface area contributed by atoms with Crippen LogP contribution in [0.2, 0.25) is 0 Å². The number of ether oxygens (including phenoxy) is 1. The minimum atomic E-state index is 0.486. The fourth-order valence-electron chi connectivity index (χ4n) is 5.51. The highest BCUT2D eigenvalue weighted by Crippen LogP contribution is 2.48. The Balaban J connectivity index is 1.57. The van der Waals surface area contributed by atoms with Crippen LogP contribution in [0.4, 0.5) is 5.82 Å². The average Bonchev–Trinajstić information content (AvgIpc) is 3.12. The number of piperidine rings is 3. The molecule has 0 unspecified atom stereocenters. The quantitative estimate of drug-likeness (QED) is 0.851. The SMILES string of the molecule is COc1cccc([C@H]2CN(c3nccnc3C)[C@H]3C4CCN(CC4)[C@@H]23)c1. The standard InChI is InChI=1S/C21H26N4O/c1-14-21(23-9-8-22-14)25-13-18(16-4-3-5-17(12-16)26-2)20-19(25)15-6-10-24(20)11-7-15/h3-5,8-9,12,15,18-20H,6-7,10-11,13H2,1-2H3/t18-,19+,20+/m1/s1. The summed E-state index contributed by atoms with van der Waals surface area (Å²) in [4.78, 5) is 14.5. The predicted octanol–water partition coefficient (Wildman–Crippen LogP) is 2.86. The minimum absolute atomic E-state index is 0.486. The van der Waals surface area contributed by atoms with Crippen molar-refractivity contribution < 1.29 is 4.74 Å². The molecular formula is C21H26N4O. The van der Waals surface area contributed by atoms with E-state index in [0.29, 0.717) is 18.0 Å². The van der Waals surface area contributed by atoms with Crippen molar-refractivity contribution in [1.29, 1.82) is 0 Å². The first-order valence-corrected chi connectivity index (χ1v) is 9.68. The summed E-state index contributed by atoms with van der Waals surface area (Å²) in [7, 11) is 1.75. The smallest absolute Gasteiger partial charge is 0.150 e. The van der Waals surface area contributed by atoms with Crippen LogP contribution in [0.1, 0.15) is 30.0 Å². The van der Waals surface area contributed by atoms with E-state index >= 15 is 0 Å². The molecule has 4 fully saturated rings. The number of anilines is 1. The molecule has 0 amide bonds. The fraction of sp³-hybridized carbons (Fsp3) is 0.524. The molecule has 0 N–H and O–H groups in total. The first-order valence-electron chi connectivity index (χ1n) is 9.68. The molecule has 1 aromatic carbocycles. The number of benzene rings is 1. The molecule has 5 heteroatoms. The lowest BCUT2D eigenvalue weighted by Gasteiger charge is -2.51. The largest absolute Gasteiger partial charge is 0.497 e. The maximum absolute atomic E-state index is 5.49. The van der Waals surface area contributed by atoms with Crippen LogP contribution in [0.5, 0.6) is 5.75 Å². The van der Waals surface area contributed by atoms with E-state index in [0.717, 1.165) is 29.7 Å². The van der Waals surface area contributed by atoms with E-state index in [1.54, 1.807) is 13.3 Å². The molecule has 2 aromatic rings. The second-order valence-electron chi connectivity index (χ2n) is 7.86. The Morgan fingerprint density at radius 3 is 2.65 bits per heavy atom. The van der Waals surface area contributed by atoms with E-state index in [-0.39, 0.29) is 0 Å². The summed E-state index contributed by atoms with van der Waals surface area (Å²) in [6.07, 6.45) is 6.24. The Labute approximate surface area is 155 Å². The Morgan fingerprint density at radius 2 is 1.88 bits per heavy atom. The highest BCUT2D eigenvalue weighted by Gasteiger charge is 2.54. The molecule has 3 atom stereocenters. The molecule has 0 radical (unpaired) electrons. The second kappa shape index (κ2) is 6.23. The van der Waals surface area contributed by atoms with Gasteiger partial charge in [-0.2, -0.15) is 0 Å². The van der Waals surface area contributed by atoms with Crippen molar-refractivity contribution in [2.45, 2.75) is 37.8 Å². The third-order valence-electron chi connectivity index (χ3n) is 6.64. The number of nitrogens with zero attached hydrogens (tertiary/aromatic N) is 4. The molecule has 0 aliphatic carbocycles. The number of aryl methyl sites for hydroxylation is 1. The summed E-state index contributed by atoms with van der Waals surface area (Å²) in [5, 5.41) is 0. The van der Waals surface area contributed by atoms with Crippen molar-refractivity contribution in [3.05, 3.63) is 47.9 Å². The van der Waals surface area contributed by atoms with Gasteiger partial charge in [0.05, 0.1) is 12.8 Å². The lowest BCUT2D eigenvalue weighted by Crippen LogP contribution is -2.60. The zero-order chi connectivity index (χ0) is 17.7. The van der Waals surface area contributed by atoms with Crippen molar-refractivity contribution in [2.75, 3.05) is 31.6 Å². The predicted molar refractivity (Wildman–Crippen MR) is 102 cm³/mol. The van der Waals surface area contributed by atoms with E-state index in [9.17, 15) is 0 Å². The van der Waals surface area contributed by atoms with Gasteiger partial charge in [-0.15, -0.1) is 0 Å².